The lowest BCUT2D eigenvalue weighted by atomic mass is 10.1. The van der Waals surface area contributed by atoms with Gasteiger partial charge in [-0.25, -0.2) is 4.68 Å². The highest BCUT2D eigenvalue weighted by Crippen LogP contribution is 2.25. The van der Waals surface area contributed by atoms with Gasteiger partial charge >= 0.3 is 0 Å². The normalized spacial score (nSPS) is 11.8. The Morgan fingerprint density at radius 2 is 1.85 bits per heavy atom. The number of nitrogens with one attached hydrogen (secondary N) is 1. The topological polar surface area (TPSA) is 90.1 Å². The summed E-state index contributed by atoms with van der Waals surface area (Å²) in [6.45, 7) is 1.82. The average molecular weight is 405 g/mol. The first-order chi connectivity index (χ1) is 12.8. The fourth-order valence-electron chi connectivity index (χ4n) is 2.45. The number of benzene rings is 2. The smallest absolute Gasteiger partial charge is 0.272 e. The number of hydrogen-bond acceptors (Lipinski definition) is 4. The van der Waals surface area contributed by atoms with E-state index in [4.69, 9.17) is 23.2 Å². The molecular formula is C18H14Cl2N4O3. The number of carbonyl (C=O) groups is 1. The molecule has 138 valence electrons. The standard InChI is InChI=1S/C18H14Cl2N4O3/c1-11(12-2-7-15(19)16(20)10-12)21-18(25)17-8-9-23(22-17)13-3-5-14(6-4-13)24(26)27/h2-11H,1H3,(H,21,25). The van der Waals surface area contributed by atoms with Crippen molar-refractivity contribution in [2.24, 2.45) is 0 Å². The number of halogens is 2. The summed E-state index contributed by atoms with van der Waals surface area (Å²) >= 11 is 11.9. The molecule has 7 nitrogen and oxygen atoms in total. The molecule has 27 heavy (non-hydrogen) atoms. The lowest BCUT2D eigenvalue weighted by Gasteiger charge is -2.14. The lowest BCUT2D eigenvalue weighted by molar-refractivity contribution is -0.384. The Morgan fingerprint density at radius 3 is 2.48 bits per heavy atom. The number of aromatic nitrogens is 2. The quantitative estimate of drug-likeness (QED) is 0.497. The van der Waals surface area contributed by atoms with Gasteiger partial charge in [0.1, 0.15) is 0 Å². The Morgan fingerprint density at radius 1 is 1.15 bits per heavy atom. The summed E-state index contributed by atoms with van der Waals surface area (Å²) in [5, 5.41) is 18.6. The third kappa shape index (κ3) is 4.27. The lowest BCUT2D eigenvalue weighted by Crippen LogP contribution is -2.27. The van der Waals surface area contributed by atoms with E-state index in [1.54, 1.807) is 42.6 Å². The molecule has 0 radical (unpaired) electrons. The van der Waals surface area contributed by atoms with Gasteiger partial charge < -0.3 is 5.32 Å². The number of nitro groups is 1. The highest BCUT2D eigenvalue weighted by Gasteiger charge is 2.15. The van der Waals surface area contributed by atoms with E-state index in [0.29, 0.717) is 15.7 Å². The zero-order valence-electron chi connectivity index (χ0n) is 14.1. The van der Waals surface area contributed by atoms with Crippen molar-refractivity contribution in [3.05, 3.63) is 86.1 Å². The van der Waals surface area contributed by atoms with Crippen LogP contribution in [-0.2, 0) is 0 Å². The SMILES string of the molecule is CC(NC(=O)c1ccn(-c2ccc([N+](=O)[O-])cc2)n1)c1ccc(Cl)c(Cl)c1. The van der Waals surface area contributed by atoms with Crippen LogP contribution in [0.25, 0.3) is 5.69 Å². The summed E-state index contributed by atoms with van der Waals surface area (Å²) in [7, 11) is 0. The average Bonchev–Trinajstić information content (AvgIpc) is 3.14. The summed E-state index contributed by atoms with van der Waals surface area (Å²) < 4.78 is 1.47. The van der Waals surface area contributed by atoms with Gasteiger partial charge in [-0.05, 0) is 42.8 Å². The predicted molar refractivity (Wildman–Crippen MR) is 103 cm³/mol. The van der Waals surface area contributed by atoms with E-state index >= 15 is 0 Å². The summed E-state index contributed by atoms with van der Waals surface area (Å²) in [6.07, 6.45) is 1.61. The highest BCUT2D eigenvalue weighted by atomic mass is 35.5. The minimum absolute atomic E-state index is 0.0145. The van der Waals surface area contributed by atoms with Crippen LogP contribution in [0.5, 0.6) is 0 Å². The van der Waals surface area contributed by atoms with Crippen LogP contribution in [0.3, 0.4) is 0 Å². The molecule has 0 bridgehead atoms. The molecule has 1 N–H and O–H groups in total. The number of amides is 1. The molecule has 1 heterocycles. The molecule has 9 heteroatoms. The number of nitrogens with zero attached hydrogens (tertiary/aromatic N) is 3. The summed E-state index contributed by atoms with van der Waals surface area (Å²) in [6, 6.07) is 12.3. The Balaban J connectivity index is 1.72. The molecule has 3 aromatic rings. The molecule has 1 atom stereocenters. The number of carbonyl (C=O) groups excluding carboxylic acids is 1. The van der Waals surface area contributed by atoms with Gasteiger partial charge in [0, 0.05) is 18.3 Å². The maximum atomic E-state index is 12.4. The zero-order chi connectivity index (χ0) is 19.6. The van der Waals surface area contributed by atoms with Crippen LogP contribution < -0.4 is 5.32 Å². The number of non-ortho nitro benzene ring substituents is 1. The molecule has 0 aliphatic carbocycles. The molecule has 0 aliphatic rings. The van der Waals surface area contributed by atoms with Crippen LogP contribution >= 0.6 is 23.2 Å². The highest BCUT2D eigenvalue weighted by molar-refractivity contribution is 6.42. The fourth-order valence-corrected chi connectivity index (χ4v) is 2.76. The maximum absolute atomic E-state index is 12.4. The second-order valence-electron chi connectivity index (χ2n) is 5.79. The van der Waals surface area contributed by atoms with Crippen LogP contribution in [0.4, 0.5) is 5.69 Å². The summed E-state index contributed by atoms with van der Waals surface area (Å²) in [5.41, 5.74) is 1.63. The molecule has 1 unspecified atom stereocenters. The van der Waals surface area contributed by atoms with Crippen LogP contribution in [-0.4, -0.2) is 20.6 Å². The second-order valence-corrected chi connectivity index (χ2v) is 6.60. The van der Waals surface area contributed by atoms with Crippen molar-refractivity contribution in [3.63, 3.8) is 0 Å². The van der Waals surface area contributed by atoms with E-state index < -0.39 is 4.92 Å². The Hall–Kier alpha value is -2.90. The van der Waals surface area contributed by atoms with Crippen molar-refractivity contribution in [1.29, 1.82) is 0 Å². The van der Waals surface area contributed by atoms with Gasteiger partial charge in [0.25, 0.3) is 11.6 Å². The van der Waals surface area contributed by atoms with E-state index in [1.165, 1.54) is 16.8 Å². The molecule has 0 saturated carbocycles. The molecule has 0 spiro atoms. The van der Waals surface area contributed by atoms with Gasteiger partial charge in [0.05, 0.1) is 26.7 Å². The van der Waals surface area contributed by atoms with E-state index in [0.717, 1.165) is 5.56 Å². The minimum Gasteiger partial charge on any atom is -0.344 e. The first kappa shape index (κ1) is 18.9. The molecule has 2 aromatic carbocycles. The summed E-state index contributed by atoms with van der Waals surface area (Å²) in [5.74, 6) is -0.353. The molecule has 3 rings (SSSR count). The first-order valence-electron chi connectivity index (χ1n) is 7.91. The largest absolute Gasteiger partial charge is 0.344 e. The van der Waals surface area contributed by atoms with Gasteiger partial charge in [-0.1, -0.05) is 29.3 Å². The van der Waals surface area contributed by atoms with Gasteiger partial charge in [-0.15, -0.1) is 0 Å². The number of rotatable bonds is 5. The van der Waals surface area contributed by atoms with Gasteiger partial charge in [0.15, 0.2) is 5.69 Å². The maximum Gasteiger partial charge on any atom is 0.272 e. The van der Waals surface area contributed by atoms with Crippen molar-refractivity contribution in [2.75, 3.05) is 0 Å². The van der Waals surface area contributed by atoms with E-state index in [9.17, 15) is 14.9 Å². The Labute approximate surface area is 164 Å². The Bertz CT molecular complexity index is 1000. The predicted octanol–water partition coefficient (Wildman–Crippen LogP) is 4.58. The van der Waals surface area contributed by atoms with Crippen molar-refractivity contribution in [3.8, 4) is 5.69 Å². The zero-order valence-corrected chi connectivity index (χ0v) is 15.6. The molecule has 0 fully saturated rings. The third-order valence-corrected chi connectivity index (χ3v) is 4.68. The van der Waals surface area contributed by atoms with Gasteiger partial charge in [0.2, 0.25) is 0 Å². The van der Waals surface area contributed by atoms with Gasteiger partial charge in [-0.3, -0.25) is 14.9 Å². The molecule has 1 amide bonds. The number of nitro benzene ring substituents is 1. The summed E-state index contributed by atoms with van der Waals surface area (Å²) in [4.78, 5) is 22.7. The van der Waals surface area contributed by atoms with Gasteiger partial charge in [-0.2, -0.15) is 5.10 Å². The van der Waals surface area contributed by atoms with Crippen molar-refractivity contribution in [1.82, 2.24) is 15.1 Å². The molecular weight excluding hydrogens is 391 g/mol. The van der Waals surface area contributed by atoms with Crippen molar-refractivity contribution >= 4 is 34.8 Å². The minimum atomic E-state index is -0.476. The Kier molecular flexibility index (Phi) is 5.43. The number of hydrogen-bond donors (Lipinski definition) is 1. The molecule has 0 aliphatic heterocycles. The first-order valence-corrected chi connectivity index (χ1v) is 8.67. The fraction of sp³-hybridized carbons (Fsp3) is 0.111. The van der Waals surface area contributed by atoms with Crippen LogP contribution in [0.2, 0.25) is 10.0 Å². The molecule has 0 saturated heterocycles. The third-order valence-electron chi connectivity index (χ3n) is 3.94. The van der Waals surface area contributed by atoms with E-state index in [1.807, 2.05) is 6.92 Å². The van der Waals surface area contributed by atoms with Crippen LogP contribution in [0.15, 0.2) is 54.7 Å². The van der Waals surface area contributed by atoms with Crippen molar-refractivity contribution in [2.45, 2.75) is 13.0 Å². The second kappa shape index (κ2) is 7.77. The van der Waals surface area contributed by atoms with Crippen LogP contribution in [0.1, 0.15) is 29.0 Å². The monoisotopic (exact) mass is 404 g/mol. The molecule has 1 aromatic heterocycles. The van der Waals surface area contributed by atoms with E-state index in [-0.39, 0.29) is 23.3 Å². The van der Waals surface area contributed by atoms with Crippen LogP contribution in [0, 0.1) is 10.1 Å². The van der Waals surface area contributed by atoms with Crippen molar-refractivity contribution < 1.29 is 9.72 Å². The van der Waals surface area contributed by atoms with E-state index in [2.05, 4.69) is 10.4 Å².